The molecular formula is C22H29Br2N3O. The second-order valence-corrected chi connectivity index (χ2v) is 7.68. The van der Waals surface area contributed by atoms with Gasteiger partial charge in [0.25, 0.3) is 0 Å². The van der Waals surface area contributed by atoms with Gasteiger partial charge in [0, 0.05) is 45.1 Å². The van der Waals surface area contributed by atoms with Crippen molar-refractivity contribution in [2.75, 3.05) is 19.6 Å². The molecule has 0 radical (unpaired) electrons. The maximum absolute atomic E-state index is 11.9. The summed E-state index contributed by atoms with van der Waals surface area (Å²) in [5, 5.41) is 7.02. The number of halogens is 2. The van der Waals surface area contributed by atoms with E-state index >= 15 is 0 Å². The zero-order chi connectivity index (χ0) is 18.0. The van der Waals surface area contributed by atoms with Gasteiger partial charge in [-0.2, -0.15) is 0 Å². The van der Waals surface area contributed by atoms with Gasteiger partial charge in [-0.15, -0.1) is 34.0 Å². The fourth-order valence-electron chi connectivity index (χ4n) is 4.71. The molecule has 4 rings (SSSR count). The van der Waals surface area contributed by atoms with Crippen molar-refractivity contribution in [2.24, 2.45) is 5.92 Å². The highest BCUT2D eigenvalue weighted by atomic mass is 79.9. The van der Waals surface area contributed by atoms with E-state index in [1.807, 2.05) is 0 Å². The minimum absolute atomic E-state index is 0. The topological polar surface area (TPSA) is 44.4 Å². The number of likely N-dealkylation sites (tertiary alicyclic amines) is 1. The summed E-state index contributed by atoms with van der Waals surface area (Å²) in [7, 11) is 0. The van der Waals surface area contributed by atoms with Gasteiger partial charge < -0.3 is 10.6 Å². The zero-order valence-corrected chi connectivity index (χ0v) is 19.6. The Morgan fingerprint density at radius 2 is 1.75 bits per heavy atom. The number of nitrogens with zero attached hydrogens (tertiary/aromatic N) is 1. The minimum atomic E-state index is -0.139. The summed E-state index contributed by atoms with van der Waals surface area (Å²) in [6, 6.07) is 21.6. The molecule has 2 saturated heterocycles. The normalized spacial score (nSPS) is 26.5. The van der Waals surface area contributed by atoms with Crippen molar-refractivity contribution in [3.8, 4) is 0 Å². The molecule has 2 aromatic carbocycles. The Morgan fingerprint density at radius 3 is 2.39 bits per heavy atom. The third kappa shape index (κ3) is 4.85. The minimum Gasteiger partial charge on any atom is -0.349 e. The van der Waals surface area contributed by atoms with Crippen LogP contribution < -0.4 is 10.6 Å². The number of amides is 1. The molecule has 6 heteroatoms. The molecule has 2 aliphatic heterocycles. The van der Waals surface area contributed by atoms with E-state index in [1.165, 1.54) is 11.1 Å². The maximum atomic E-state index is 11.9. The predicted molar refractivity (Wildman–Crippen MR) is 124 cm³/mol. The van der Waals surface area contributed by atoms with Gasteiger partial charge >= 0.3 is 0 Å². The number of hydrogen-bond acceptors (Lipinski definition) is 3. The average molecular weight is 511 g/mol. The fraction of sp³-hybridized carbons (Fsp3) is 0.409. The first-order valence-electron chi connectivity index (χ1n) is 9.50. The summed E-state index contributed by atoms with van der Waals surface area (Å²) in [4.78, 5) is 14.4. The van der Waals surface area contributed by atoms with Crippen LogP contribution in [0.25, 0.3) is 0 Å². The van der Waals surface area contributed by atoms with Crippen molar-refractivity contribution < 1.29 is 4.79 Å². The first-order chi connectivity index (χ1) is 12.7. The molecule has 2 heterocycles. The molecule has 0 spiro atoms. The number of rotatable bonds is 4. The Hall–Kier alpha value is -1.21. The van der Waals surface area contributed by atoms with Crippen molar-refractivity contribution in [3.05, 3.63) is 71.8 Å². The van der Waals surface area contributed by atoms with Gasteiger partial charge in [-0.25, -0.2) is 0 Å². The van der Waals surface area contributed by atoms with Crippen LogP contribution >= 0.6 is 34.0 Å². The second-order valence-electron chi connectivity index (χ2n) is 7.68. The van der Waals surface area contributed by atoms with E-state index in [0.717, 1.165) is 32.6 Å². The Morgan fingerprint density at radius 1 is 1.11 bits per heavy atom. The van der Waals surface area contributed by atoms with Gasteiger partial charge in [0.2, 0.25) is 5.91 Å². The van der Waals surface area contributed by atoms with Gasteiger partial charge in [0.1, 0.15) is 0 Å². The monoisotopic (exact) mass is 509 g/mol. The highest BCUT2D eigenvalue weighted by Gasteiger charge is 2.51. The van der Waals surface area contributed by atoms with E-state index in [9.17, 15) is 4.79 Å². The van der Waals surface area contributed by atoms with Crippen LogP contribution in [0.15, 0.2) is 60.7 Å². The van der Waals surface area contributed by atoms with Crippen molar-refractivity contribution in [1.82, 2.24) is 15.5 Å². The van der Waals surface area contributed by atoms with Crippen LogP contribution in [0.5, 0.6) is 0 Å². The lowest BCUT2D eigenvalue weighted by Gasteiger charge is -2.45. The van der Waals surface area contributed by atoms with Gasteiger partial charge in [-0.05, 0) is 17.5 Å². The lowest BCUT2D eigenvalue weighted by Crippen LogP contribution is -2.60. The van der Waals surface area contributed by atoms with Gasteiger partial charge in [-0.3, -0.25) is 9.69 Å². The number of carbonyl (C=O) groups is 1. The molecule has 28 heavy (non-hydrogen) atoms. The number of fused-ring (bicyclic) bond motifs is 1. The quantitative estimate of drug-likeness (QED) is 0.656. The van der Waals surface area contributed by atoms with Crippen molar-refractivity contribution in [1.29, 1.82) is 0 Å². The number of carbonyl (C=O) groups excluding carboxylic acids is 1. The van der Waals surface area contributed by atoms with Crippen LogP contribution in [0.2, 0.25) is 0 Å². The van der Waals surface area contributed by atoms with Crippen LogP contribution in [0, 0.1) is 5.92 Å². The number of nitrogens with one attached hydrogen (secondary N) is 2. The molecule has 4 nitrogen and oxygen atoms in total. The molecular weight excluding hydrogens is 482 g/mol. The Labute approximate surface area is 188 Å². The molecule has 1 amide bonds. The first kappa shape index (κ1) is 23.1. The summed E-state index contributed by atoms with van der Waals surface area (Å²) < 4.78 is 0. The molecule has 2 fully saturated rings. The van der Waals surface area contributed by atoms with Crippen LogP contribution in [0.3, 0.4) is 0 Å². The van der Waals surface area contributed by atoms with E-state index in [1.54, 1.807) is 6.92 Å². The first-order valence-corrected chi connectivity index (χ1v) is 9.50. The lowest BCUT2D eigenvalue weighted by molar-refractivity contribution is -0.122. The zero-order valence-electron chi connectivity index (χ0n) is 16.1. The molecule has 2 aliphatic rings. The summed E-state index contributed by atoms with van der Waals surface area (Å²) in [6.45, 7) is 5.44. The summed E-state index contributed by atoms with van der Waals surface area (Å²) >= 11 is 0. The van der Waals surface area contributed by atoms with Crippen molar-refractivity contribution in [3.63, 3.8) is 0 Å². The van der Waals surface area contributed by atoms with Crippen LogP contribution in [0.1, 0.15) is 30.5 Å². The highest BCUT2D eigenvalue weighted by Crippen LogP contribution is 2.42. The smallest absolute Gasteiger partial charge is 0.217 e. The third-order valence-electron chi connectivity index (χ3n) is 5.91. The molecule has 3 atom stereocenters. The molecule has 0 saturated carbocycles. The van der Waals surface area contributed by atoms with Crippen molar-refractivity contribution >= 4 is 39.9 Å². The summed E-state index contributed by atoms with van der Waals surface area (Å²) in [5.74, 6) is 0.438. The fourth-order valence-corrected chi connectivity index (χ4v) is 4.71. The van der Waals surface area contributed by atoms with Gasteiger partial charge in [-0.1, -0.05) is 60.7 Å². The number of piperidine rings is 1. The van der Waals surface area contributed by atoms with Crippen LogP contribution in [-0.2, 0) is 11.3 Å². The van der Waals surface area contributed by atoms with Crippen molar-refractivity contribution in [2.45, 2.75) is 31.5 Å². The summed E-state index contributed by atoms with van der Waals surface area (Å²) in [6.07, 6.45) is 0.987. The van der Waals surface area contributed by atoms with Crippen LogP contribution in [0.4, 0.5) is 0 Å². The highest BCUT2D eigenvalue weighted by molar-refractivity contribution is 8.93. The molecule has 0 bridgehead atoms. The van der Waals surface area contributed by atoms with E-state index in [0.29, 0.717) is 5.92 Å². The third-order valence-corrected chi connectivity index (χ3v) is 5.91. The molecule has 2 aromatic rings. The largest absolute Gasteiger partial charge is 0.349 e. The van der Waals surface area contributed by atoms with E-state index in [-0.39, 0.29) is 51.5 Å². The van der Waals surface area contributed by atoms with E-state index in [4.69, 9.17) is 0 Å². The molecule has 2 N–H and O–H groups in total. The Bertz CT molecular complexity index is 759. The predicted octanol–water partition coefficient (Wildman–Crippen LogP) is 3.88. The van der Waals surface area contributed by atoms with Gasteiger partial charge in [0.05, 0.1) is 5.54 Å². The molecule has 152 valence electrons. The number of benzene rings is 2. The maximum Gasteiger partial charge on any atom is 0.217 e. The van der Waals surface area contributed by atoms with Gasteiger partial charge in [0.15, 0.2) is 0 Å². The van der Waals surface area contributed by atoms with E-state index in [2.05, 4.69) is 76.2 Å². The molecule has 0 unspecified atom stereocenters. The standard InChI is InChI=1S/C22H27N3O.2BrH/c1-17(26)24-22-12-13-25(14-18-8-4-2-5-9-18)15-20(22)21(23-16-22)19-10-6-3-7-11-19;;/h2-11,20-21,23H,12-16H2,1H3,(H,24,26);2*1H/t20-,21-,22-;;/m1../s1. The summed E-state index contributed by atoms with van der Waals surface area (Å²) in [5.41, 5.74) is 2.52. The molecule has 0 aromatic heterocycles. The lowest BCUT2D eigenvalue weighted by atomic mass is 9.75. The second kappa shape index (κ2) is 10.0. The Balaban J connectivity index is 0.00000140. The SMILES string of the molecule is Br.Br.CC(=O)N[C@@]12CCN(Cc3ccccc3)C[C@@H]1[C@@H](c1ccccc1)NC2. The Kier molecular flexibility index (Phi) is 8.25. The number of hydrogen-bond donors (Lipinski definition) is 2. The molecule has 0 aliphatic carbocycles. The van der Waals surface area contributed by atoms with E-state index < -0.39 is 0 Å². The average Bonchev–Trinajstić information content (AvgIpc) is 3.01. The van der Waals surface area contributed by atoms with Crippen LogP contribution in [-0.4, -0.2) is 36.0 Å².